The lowest BCUT2D eigenvalue weighted by Gasteiger charge is -2.26. The Labute approximate surface area is 133 Å². The van der Waals surface area contributed by atoms with Gasteiger partial charge in [-0.1, -0.05) is 48.5 Å². The molecule has 0 radical (unpaired) electrons. The predicted molar refractivity (Wildman–Crippen MR) is 90.6 cm³/mol. The van der Waals surface area contributed by atoms with Gasteiger partial charge in [0.05, 0.1) is 11.0 Å². The number of rotatable bonds is 3. The fourth-order valence-electron chi connectivity index (χ4n) is 3.28. The van der Waals surface area contributed by atoms with E-state index in [-0.39, 0.29) is 0 Å². The van der Waals surface area contributed by atoms with Crippen molar-refractivity contribution in [2.24, 2.45) is 11.8 Å². The topological polar surface area (TPSA) is 20.7 Å². The molecular weight excluding hydrogens is 332 g/mol. The second kappa shape index (κ2) is 6.02. The van der Waals surface area contributed by atoms with Crippen LogP contribution in [0.2, 0.25) is 0 Å². The van der Waals surface area contributed by atoms with Gasteiger partial charge in [0.2, 0.25) is 0 Å². The molecule has 3 rings (SSSR count). The van der Waals surface area contributed by atoms with E-state index in [2.05, 4.69) is 50.6 Å². The van der Waals surface area contributed by atoms with Gasteiger partial charge in [-0.3, -0.25) is 0 Å². The first-order valence-corrected chi connectivity index (χ1v) is 8.71. The van der Waals surface area contributed by atoms with Gasteiger partial charge in [0.15, 0.2) is 4.77 Å². The van der Waals surface area contributed by atoms with Crippen LogP contribution in [0.15, 0.2) is 22.7 Å². The summed E-state index contributed by atoms with van der Waals surface area (Å²) >= 11 is 9.02. The Morgan fingerprint density at radius 3 is 2.80 bits per heavy atom. The van der Waals surface area contributed by atoms with E-state index in [1.165, 1.54) is 37.6 Å². The third kappa shape index (κ3) is 3.01. The number of aromatic nitrogens is 2. The number of hydrogen-bond acceptors (Lipinski definition) is 1. The Morgan fingerprint density at radius 2 is 2.05 bits per heavy atom. The van der Waals surface area contributed by atoms with Crippen molar-refractivity contribution in [3.05, 3.63) is 27.4 Å². The van der Waals surface area contributed by atoms with Crippen LogP contribution in [-0.4, -0.2) is 9.55 Å². The van der Waals surface area contributed by atoms with Gasteiger partial charge in [-0.15, -0.1) is 0 Å². The summed E-state index contributed by atoms with van der Waals surface area (Å²) in [5, 5.41) is 0. The SMILES string of the molecule is CC1CCC(CCn2c(=S)[nH]c3ccc(Br)cc32)CC1. The second-order valence-electron chi connectivity index (χ2n) is 6.16. The van der Waals surface area contributed by atoms with E-state index < -0.39 is 0 Å². The number of benzene rings is 1. The summed E-state index contributed by atoms with van der Waals surface area (Å²) in [6.07, 6.45) is 6.83. The Kier molecular flexibility index (Phi) is 4.32. The average molecular weight is 353 g/mol. The first-order valence-electron chi connectivity index (χ1n) is 7.51. The molecule has 0 atom stereocenters. The van der Waals surface area contributed by atoms with Crippen LogP contribution < -0.4 is 0 Å². The predicted octanol–water partition coefficient (Wildman–Crippen LogP) is 5.68. The first-order chi connectivity index (χ1) is 9.63. The van der Waals surface area contributed by atoms with E-state index in [0.717, 1.165) is 33.1 Å². The van der Waals surface area contributed by atoms with E-state index in [9.17, 15) is 0 Å². The Hall–Kier alpha value is -0.610. The smallest absolute Gasteiger partial charge is 0.178 e. The molecule has 1 fully saturated rings. The minimum Gasteiger partial charge on any atom is -0.331 e. The summed E-state index contributed by atoms with van der Waals surface area (Å²) in [5.74, 6) is 1.81. The van der Waals surface area contributed by atoms with Crippen molar-refractivity contribution >= 4 is 39.2 Å². The van der Waals surface area contributed by atoms with Crippen molar-refractivity contribution < 1.29 is 0 Å². The molecule has 1 aliphatic rings. The zero-order valence-electron chi connectivity index (χ0n) is 11.9. The molecule has 0 aliphatic heterocycles. The molecule has 1 aromatic heterocycles. The van der Waals surface area contributed by atoms with Crippen molar-refractivity contribution in [3.63, 3.8) is 0 Å². The molecule has 0 amide bonds. The van der Waals surface area contributed by atoms with Gasteiger partial charge < -0.3 is 9.55 Å². The molecule has 1 N–H and O–H groups in total. The van der Waals surface area contributed by atoms with Crippen molar-refractivity contribution in [2.75, 3.05) is 0 Å². The van der Waals surface area contributed by atoms with Crippen molar-refractivity contribution in [1.29, 1.82) is 0 Å². The zero-order chi connectivity index (χ0) is 14.1. The van der Waals surface area contributed by atoms with Crippen LogP contribution >= 0.6 is 28.1 Å². The van der Waals surface area contributed by atoms with Crippen LogP contribution in [0.3, 0.4) is 0 Å². The van der Waals surface area contributed by atoms with E-state index in [1.54, 1.807) is 0 Å². The maximum atomic E-state index is 5.47. The largest absolute Gasteiger partial charge is 0.331 e. The third-order valence-corrected chi connectivity index (χ3v) is 5.45. The highest BCUT2D eigenvalue weighted by atomic mass is 79.9. The van der Waals surface area contributed by atoms with Gasteiger partial charge in [-0.2, -0.15) is 0 Å². The molecule has 1 heterocycles. The molecule has 2 nitrogen and oxygen atoms in total. The molecule has 0 saturated heterocycles. The number of aryl methyl sites for hydroxylation is 1. The normalized spacial score (nSPS) is 23.3. The fraction of sp³-hybridized carbons (Fsp3) is 0.562. The second-order valence-corrected chi connectivity index (χ2v) is 7.46. The molecule has 1 saturated carbocycles. The molecule has 0 unspecified atom stereocenters. The van der Waals surface area contributed by atoms with Gasteiger partial charge >= 0.3 is 0 Å². The van der Waals surface area contributed by atoms with Gasteiger partial charge in [-0.05, 0) is 48.7 Å². The van der Waals surface area contributed by atoms with Crippen molar-refractivity contribution in [3.8, 4) is 0 Å². The number of hydrogen-bond donors (Lipinski definition) is 1. The summed E-state index contributed by atoms with van der Waals surface area (Å²) in [4.78, 5) is 3.31. The zero-order valence-corrected chi connectivity index (χ0v) is 14.3. The summed E-state index contributed by atoms with van der Waals surface area (Å²) in [6.45, 7) is 3.41. The number of H-pyrrole nitrogens is 1. The van der Waals surface area contributed by atoms with Gasteiger partial charge in [0.1, 0.15) is 0 Å². The Bertz CT molecular complexity index is 650. The maximum absolute atomic E-state index is 5.47. The first kappa shape index (κ1) is 14.3. The number of imidazole rings is 1. The standard InChI is InChI=1S/C16H21BrN2S/c1-11-2-4-12(5-3-11)8-9-19-15-10-13(17)6-7-14(15)18-16(19)20/h6-7,10-12H,2-5,8-9H2,1H3,(H,18,20). The van der Waals surface area contributed by atoms with Gasteiger partial charge in [0, 0.05) is 11.0 Å². The number of aromatic amines is 1. The lowest BCUT2D eigenvalue weighted by Crippen LogP contribution is -2.14. The number of fused-ring (bicyclic) bond motifs is 1. The molecule has 1 aliphatic carbocycles. The van der Waals surface area contributed by atoms with Gasteiger partial charge in [0.25, 0.3) is 0 Å². The molecule has 20 heavy (non-hydrogen) atoms. The lowest BCUT2D eigenvalue weighted by molar-refractivity contribution is 0.269. The maximum Gasteiger partial charge on any atom is 0.178 e. The van der Waals surface area contributed by atoms with Crippen LogP contribution in [0.4, 0.5) is 0 Å². The van der Waals surface area contributed by atoms with Gasteiger partial charge in [-0.25, -0.2) is 0 Å². The minimum atomic E-state index is 0.849. The highest BCUT2D eigenvalue weighted by Gasteiger charge is 2.18. The molecule has 0 bridgehead atoms. The molecule has 1 aromatic carbocycles. The molecular formula is C16H21BrN2S. The highest BCUT2D eigenvalue weighted by molar-refractivity contribution is 9.10. The van der Waals surface area contributed by atoms with Crippen LogP contribution in [0.1, 0.15) is 39.0 Å². The van der Waals surface area contributed by atoms with Crippen LogP contribution in [0.5, 0.6) is 0 Å². The third-order valence-electron chi connectivity index (χ3n) is 4.63. The quantitative estimate of drug-likeness (QED) is 0.704. The van der Waals surface area contributed by atoms with E-state index >= 15 is 0 Å². The van der Waals surface area contributed by atoms with E-state index in [4.69, 9.17) is 12.2 Å². The fourth-order valence-corrected chi connectivity index (χ4v) is 3.93. The number of halogens is 1. The monoisotopic (exact) mass is 352 g/mol. The number of nitrogens with zero attached hydrogens (tertiary/aromatic N) is 1. The summed E-state index contributed by atoms with van der Waals surface area (Å²) < 4.78 is 4.22. The summed E-state index contributed by atoms with van der Waals surface area (Å²) in [5.41, 5.74) is 2.35. The van der Waals surface area contributed by atoms with Crippen LogP contribution in [0, 0.1) is 16.6 Å². The Morgan fingerprint density at radius 1 is 1.30 bits per heavy atom. The van der Waals surface area contributed by atoms with E-state index in [1.807, 2.05) is 0 Å². The molecule has 4 heteroatoms. The Balaban J connectivity index is 1.75. The molecule has 2 aromatic rings. The van der Waals surface area contributed by atoms with Crippen LogP contribution in [0.25, 0.3) is 11.0 Å². The van der Waals surface area contributed by atoms with Crippen molar-refractivity contribution in [1.82, 2.24) is 9.55 Å². The van der Waals surface area contributed by atoms with E-state index in [0.29, 0.717) is 0 Å². The van der Waals surface area contributed by atoms with Crippen molar-refractivity contribution in [2.45, 2.75) is 45.6 Å². The average Bonchev–Trinajstić information content (AvgIpc) is 2.73. The minimum absolute atomic E-state index is 0.849. The summed E-state index contributed by atoms with van der Waals surface area (Å²) in [6, 6.07) is 6.30. The lowest BCUT2D eigenvalue weighted by atomic mass is 9.81. The molecule has 0 spiro atoms. The molecule has 108 valence electrons. The van der Waals surface area contributed by atoms with Crippen LogP contribution in [-0.2, 0) is 6.54 Å². The highest BCUT2D eigenvalue weighted by Crippen LogP contribution is 2.31. The summed E-state index contributed by atoms with van der Waals surface area (Å²) in [7, 11) is 0. The number of nitrogens with one attached hydrogen (secondary N) is 1.